The number of halogens is 3. The fraction of sp³-hybridized carbons (Fsp3) is 0.265. The molecule has 6 rings (SSSR count). The van der Waals surface area contributed by atoms with Gasteiger partial charge in [0.25, 0.3) is 5.22 Å². The number of morpholine rings is 1. The summed E-state index contributed by atoms with van der Waals surface area (Å²) in [4.78, 5) is 21.5. The van der Waals surface area contributed by atoms with Gasteiger partial charge in [-0.2, -0.15) is 0 Å². The highest BCUT2D eigenvalue weighted by Gasteiger charge is 2.29. The molecule has 1 saturated heterocycles. The van der Waals surface area contributed by atoms with Crippen molar-refractivity contribution in [2.75, 3.05) is 24.2 Å². The van der Waals surface area contributed by atoms with Gasteiger partial charge in [-0.25, -0.2) is 13.2 Å². The third-order valence-electron chi connectivity index (χ3n) is 7.95. The minimum atomic E-state index is -1.18. The van der Waals surface area contributed by atoms with Crippen LogP contribution >= 0.6 is 11.8 Å². The van der Waals surface area contributed by atoms with E-state index in [2.05, 4.69) is 30.8 Å². The molecule has 1 aliphatic heterocycles. The van der Waals surface area contributed by atoms with Crippen LogP contribution < -0.4 is 16.4 Å². The van der Waals surface area contributed by atoms with Gasteiger partial charge in [-0.05, 0) is 60.4 Å². The van der Waals surface area contributed by atoms with Crippen LogP contribution in [0.2, 0.25) is 0 Å². The molecule has 5 aromatic rings. The highest BCUT2D eigenvalue weighted by atomic mass is 32.2. The summed E-state index contributed by atoms with van der Waals surface area (Å²) in [5.41, 5.74) is 8.83. The molecule has 10 nitrogen and oxygen atoms in total. The monoisotopic (exact) mass is 675 g/mol. The number of thioether (sulfide) groups is 1. The van der Waals surface area contributed by atoms with E-state index < -0.39 is 35.3 Å². The van der Waals surface area contributed by atoms with E-state index in [1.165, 1.54) is 66.5 Å². The van der Waals surface area contributed by atoms with Crippen LogP contribution in [0, 0.1) is 17.5 Å². The number of hydrogen-bond donors (Lipinski definition) is 3. The third-order valence-corrected chi connectivity index (χ3v) is 8.90. The van der Waals surface area contributed by atoms with Crippen molar-refractivity contribution < 1.29 is 27.1 Å². The molecular formula is C34H32F3N7O3S. The van der Waals surface area contributed by atoms with Gasteiger partial charge in [0.15, 0.2) is 0 Å². The molecule has 2 aromatic carbocycles. The van der Waals surface area contributed by atoms with E-state index >= 15 is 4.39 Å². The fourth-order valence-corrected chi connectivity index (χ4v) is 6.29. The summed E-state index contributed by atoms with van der Waals surface area (Å²) in [7, 11) is 0. The molecule has 1 unspecified atom stereocenters. The fourth-order valence-electron chi connectivity index (χ4n) is 5.53. The van der Waals surface area contributed by atoms with Crippen LogP contribution in [0.1, 0.15) is 29.0 Å². The SMILES string of the molecule is NC(C(=O)Nc1cncc(F)c1CC[C@@H]1CNC[C@@H](CSc2nnc(-c3ccncc3)o2)O1)C(c1ccc(F)cc1)c1ccc(F)cc1. The zero-order valence-electron chi connectivity index (χ0n) is 25.6. The predicted octanol–water partition coefficient (Wildman–Crippen LogP) is 5.12. The molecule has 1 aliphatic rings. The molecule has 14 heteroatoms. The summed E-state index contributed by atoms with van der Waals surface area (Å²) in [6.07, 6.45) is 6.11. The summed E-state index contributed by atoms with van der Waals surface area (Å²) >= 11 is 1.39. The number of benzene rings is 2. The number of hydrogen-bond acceptors (Lipinski definition) is 10. The zero-order chi connectivity index (χ0) is 33.5. The highest BCUT2D eigenvalue weighted by molar-refractivity contribution is 7.99. The standard InChI is InChI=1S/C34H32F3N7O3S/c35-23-5-1-20(2-6-23)30(21-3-7-24(36)8-4-21)31(38)32(45)42-29-18-41-17-28(37)27(29)10-9-25-15-40-16-26(46-25)19-48-34-44-43-33(47-34)22-11-13-39-14-12-22/h1-8,11-14,17-18,25-26,30-31,40H,9-10,15-16,19,38H2,(H,42,45)/t25-,26+,31?/m1/s1. The van der Waals surface area contributed by atoms with Crippen LogP contribution in [0.5, 0.6) is 0 Å². The molecule has 3 aromatic heterocycles. The number of rotatable bonds is 12. The minimum Gasteiger partial charge on any atom is -0.411 e. The van der Waals surface area contributed by atoms with E-state index in [0.29, 0.717) is 47.5 Å². The van der Waals surface area contributed by atoms with Gasteiger partial charge in [0.1, 0.15) is 17.5 Å². The first kappa shape index (κ1) is 33.3. The summed E-state index contributed by atoms with van der Waals surface area (Å²) < 4.78 is 54.6. The molecule has 0 aliphatic carbocycles. The zero-order valence-corrected chi connectivity index (χ0v) is 26.4. The number of pyridine rings is 2. The summed E-state index contributed by atoms with van der Waals surface area (Å²) in [5.74, 6) is -1.85. The van der Waals surface area contributed by atoms with Gasteiger partial charge >= 0.3 is 0 Å². The van der Waals surface area contributed by atoms with E-state index in [1.807, 2.05) is 0 Å². The Bertz CT molecular complexity index is 1770. The molecule has 0 bridgehead atoms. The van der Waals surface area contributed by atoms with Gasteiger partial charge in [-0.1, -0.05) is 36.0 Å². The molecular weight excluding hydrogens is 643 g/mol. The maximum atomic E-state index is 15.1. The second-order valence-electron chi connectivity index (χ2n) is 11.2. The van der Waals surface area contributed by atoms with E-state index in [4.69, 9.17) is 14.9 Å². The molecule has 3 atom stereocenters. The van der Waals surface area contributed by atoms with E-state index in [9.17, 15) is 13.6 Å². The largest absolute Gasteiger partial charge is 0.411 e. The second kappa shape index (κ2) is 15.5. The Morgan fingerprint density at radius 3 is 2.27 bits per heavy atom. The van der Waals surface area contributed by atoms with Crippen molar-refractivity contribution >= 4 is 23.4 Å². The predicted molar refractivity (Wildman–Crippen MR) is 174 cm³/mol. The smallest absolute Gasteiger partial charge is 0.276 e. The van der Waals surface area contributed by atoms with Crippen molar-refractivity contribution in [3.63, 3.8) is 0 Å². The molecule has 1 amide bonds. The van der Waals surface area contributed by atoms with E-state index in [-0.39, 0.29) is 29.9 Å². The number of nitrogens with zero attached hydrogens (tertiary/aromatic N) is 4. The average molecular weight is 676 g/mol. The van der Waals surface area contributed by atoms with E-state index in [0.717, 1.165) is 11.8 Å². The molecule has 1 fully saturated rings. The van der Waals surface area contributed by atoms with Crippen LogP contribution in [0.3, 0.4) is 0 Å². The number of aromatic nitrogens is 4. The number of carbonyl (C=O) groups is 1. The Hall–Kier alpha value is -4.63. The van der Waals surface area contributed by atoms with Gasteiger partial charge in [-0.15, -0.1) is 10.2 Å². The Morgan fingerprint density at radius 1 is 0.917 bits per heavy atom. The average Bonchev–Trinajstić information content (AvgIpc) is 3.59. The molecule has 0 spiro atoms. The lowest BCUT2D eigenvalue weighted by molar-refractivity contribution is -0.117. The molecule has 0 saturated carbocycles. The van der Waals surface area contributed by atoms with Crippen LogP contribution in [0.25, 0.3) is 11.5 Å². The molecule has 0 radical (unpaired) electrons. The number of ether oxygens (including phenoxy) is 1. The van der Waals surface area contributed by atoms with Crippen LogP contribution in [0.4, 0.5) is 18.9 Å². The quantitative estimate of drug-likeness (QED) is 0.153. The Kier molecular flexibility index (Phi) is 10.8. The first-order valence-corrected chi connectivity index (χ1v) is 16.2. The summed E-state index contributed by atoms with van der Waals surface area (Å²) in [5, 5.41) is 14.7. The molecule has 48 heavy (non-hydrogen) atoms. The normalized spacial score (nSPS) is 16.9. The maximum Gasteiger partial charge on any atom is 0.276 e. The number of nitrogens with one attached hydrogen (secondary N) is 2. The second-order valence-corrected chi connectivity index (χ2v) is 12.2. The van der Waals surface area contributed by atoms with Crippen LogP contribution in [0.15, 0.2) is 95.1 Å². The number of amides is 1. The van der Waals surface area contributed by atoms with Crippen LogP contribution in [-0.2, 0) is 16.0 Å². The van der Waals surface area contributed by atoms with Gasteiger partial charge in [0, 0.05) is 48.3 Å². The number of anilines is 1. The van der Waals surface area contributed by atoms with Gasteiger partial charge in [-0.3, -0.25) is 14.8 Å². The van der Waals surface area contributed by atoms with Crippen molar-refractivity contribution in [3.8, 4) is 11.5 Å². The van der Waals surface area contributed by atoms with Gasteiger partial charge in [0.2, 0.25) is 11.8 Å². The number of carbonyl (C=O) groups excluding carboxylic acids is 1. The minimum absolute atomic E-state index is 0.153. The van der Waals surface area contributed by atoms with Gasteiger partial charge < -0.3 is 25.5 Å². The number of nitrogens with two attached hydrogens (primary N) is 1. The lowest BCUT2D eigenvalue weighted by atomic mass is 9.85. The van der Waals surface area contributed by atoms with Gasteiger partial charge in [0.05, 0.1) is 36.3 Å². The highest BCUT2D eigenvalue weighted by Crippen LogP contribution is 2.30. The lowest BCUT2D eigenvalue weighted by Crippen LogP contribution is -2.46. The first-order valence-electron chi connectivity index (χ1n) is 15.3. The Labute approximate surface area is 278 Å². The van der Waals surface area contributed by atoms with Crippen LogP contribution in [-0.4, -0.2) is 63.2 Å². The molecule has 4 N–H and O–H groups in total. The summed E-state index contributed by atoms with van der Waals surface area (Å²) in [6, 6.07) is 13.6. The van der Waals surface area contributed by atoms with Crippen molar-refractivity contribution in [2.24, 2.45) is 5.73 Å². The van der Waals surface area contributed by atoms with Crippen molar-refractivity contribution in [1.29, 1.82) is 0 Å². The van der Waals surface area contributed by atoms with Crippen molar-refractivity contribution in [3.05, 3.63) is 120 Å². The summed E-state index contributed by atoms with van der Waals surface area (Å²) in [6.45, 7) is 1.20. The van der Waals surface area contributed by atoms with E-state index in [1.54, 1.807) is 24.5 Å². The maximum absolute atomic E-state index is 15.1. The third kappa shape index (κ3) is 8.26. The lowest BCUT2D eigenvalue weighted by Gasteiger charge is -2.30. The first-order chi connectivity index (χ1) is 23.3. The Balaban J connectivity index is 1.08. The molecule has 248 valence electrons. The Morgan fingerprint density at radius 2 is 1.58 bits per heavy atom. The van der Waals surface area contributed by atoms with Crippen molar-refractivity contribution in [1.82, 2.24) is 25.5 Å². The van der Waals surface area contributed by atoms with Crippen molar-refractivity contribution in [2.45, 2.75) is 42.2 Å². The topological polar surface area (TPSA) is 141 Å². The molecule has 4 heterocycles.